The molecule has 0 unspecified atom stereocenters. The van der Waals surface area contributed by atoms with Gasteiger partial charge >= 0.3 is 0 Å². The maximum atomic E-state index is 12.6. The smallest absolute Gasteiger partial charge is 0.256 e. The highest BCUT2D eigenvalue weighted by atomic mass is 16.1. The summed E-state index contributed by atoms with van der Waals surface area (Å²) in [6, 6.07) is 12.2. The molecule has 9 heteroatoms. The van der Waals surface area contributed by atoms with Crippen LogP contribution in [0.5, 0.6) is 0 Å². The number of pyridine rings is 1. The van der Waals surface area contributed by atoms with Gasteiger partial charge in [0.05, 0.1) is 0 Å². The van der Waals surface area contributed by atoms with E-state index in [-0.39, 0.29) is 23.3 Å². The first-order valence-corrected chi connectivity index (χ1v) is 11.8. The Morgan fingerprint density at radius 3 is 2.31 bits per heavy atom. The first kappa shape index (κ1) is 27.1. The van der Waals surface area contributed by atoms with Crippen LogP contribution in [0.4, 0.5) is 11.6 Å². The van der Waals surface area contributed by atoms with E-state index in [0.717, 1.165) is 0 Å². The molecule has 5 N–H and O–H groups in total. The van der Waals surface area contributed by atoms with E-state index in [1.807, 2.05) is 27.7 Å². The van der Waals surface area contributed by atoms with E-state index in [9.17, 15) is 9.59 Å². The van der Waals surface area contributed by atoms with E-state index in [1.165, 1.54) is 6.20 Å². The third kappa shape index (κ3) is 6.48. The van der Waals surface area contributed by atoms with Crippen LogP contribution in [-0.4, -0.2) is 37.6 Å². The summed E-state index contributed by atoms with van der Waals surface area (Å²) in [6.45, 7) is 8.42. The lowest BCUT2D eigenvalue weighted by Gasteiger charge is -2.05. The lowest BCUT2D eigenvalue weighted by molar-refractivity contribution is 0.0969. The fraction of sp³-hybridized carbons (Fsp3) is 0.269. The molecule has 4 rings (SSSR count). The second-order valence-electron chi connectivity index (χ2n) is 6.88. The minimum Gasteiger partial charge on any atom is -0.382 e. The quantitative estimate of drug-likeness (QED) is 0.332. The van der Waals surface area contributed by atoms with Gasteiger partial charge in [-0.3, -0.25) is 14.0 Å². The number of aromatic nitrogens is 4. The molecule has 0 aliphatic rings. The van der Waals surface area contributed by atoms with E-state index >= 15 is 0 Å². The highest BCUT2D eigenvalue weighted by molar-refractivity contribution is 6.04. The van der Waals surface area contributed by atoms with E-state index < -0.39 is 0 Å². The molecule has 0 bridgehead atoms. The number of nitrogen functional groups attached to an aromatic ring is 1. The number of nitrogens with zero attached hydrogens (tertiary/aromatic N) is 4. The Hall–Kier alpha value is -4.11. The molecule has 1 aromatic carbocycles. The third-order valence-corrected chi connectivity index (χ3v) is 4.77. The van der Waals surface area contributed by atoms with Crippen molar-refractivity contribution < 1.29 is 9.59 Å². The van der Waals surface area contributed by atoms with Crippen LogP contribution in [0.3, 0.4) is 0 Å². The number of rotatable bonds is 7. The Kier molecular flexibility index (Phi) is 10.5. The van der Waals surface area contributed by atoms with Crippen molar-refractivity contribution in [3.8, 4) is 11.3 Å². The monoisotopic (exact) mass is 475 g/mol. The minimum atomic E-state index is -0.279. The summed E-state index contributed by atoms with van der Waals surface area (Å²) in [5.41, 5.74) is 13.9. The van der Waals surface area contributed by atoms with Crippen LogP contribution in [-0.2, 0) is 0 Å². The van der Waals surface area contributed by atoms with Gasteiger partial charge in [0.25, 0.3) is 5.91 Å². The second kappa shape index (κ2) is 13.6. The predicted octanol–water partition coefficient (Wildman–Crippen LogP) is 4.60. The fourth-order valence-electron chi connectivity index (χ4n) is 3.24. The number of carbonyl (C=O) groups excluding carboxylic acids is 2. The maximum Gasteiger partial charge on any atom is 0.256 e. The van der Waals surface area contributed by atoms with Crippen molar-refractivity contribution in [2.24, 2.45) is 5.73 Å². The van der Waals surface area contributed by atoms with Crippen LogP contribution in [0.15, 0.2) is 61.1 Å². The molecule has 3 heterocycles. The number of amides is 1. The van der Waals surface area contributed by atoms with Gasteiger partial charge in [0, 0.05) is 36.1 Å². The zero-order valence-electron chi connectivity index (χ0n) is 20.7. The van der Waals surface area contributed by atoms with Crippen LogP contribution in [0.1, 0.15) is 61.5 Å². The summed E-state index contributed by atoms with van der Waals surface area (Å²) in [7, 11) is 0. The number of hydrogen-bond donors (Lipinski definition) is 3. The Morgan fingerprint density at radius 2 is 1.69 bits per heavy atom. The number of Topliss-reactive ketones (excluding diaryl/α,β-unsaturated/α-hetero) is 1. The number of nitrogens with two attached hydrogens (primary N) is 2. The Bertz CT molecular complexity index is 1240. The minimum absolute atomic E-state index is 0.122. The molecule has 4 aromatic rings. The molecule has 0 saturated heterocycles. The molecule has 0 fully saturated rings. The summed E-state index contributed by atoms with van der Waals surface area (Å²) in [5.74, 6) is 0.614. The number of ketones is 1. The molecule has 0 aliphatic carbocycles. The number of fused-ring (bicyclic) bond motifs is 1. The summed E-state index contributed by atoms with van der Waals surface area (Å²) < 4.78 is 1.65. The molecular formula is C26H33N7O2. The van der Waals surface area contributed by atoms with Crippen molar-refractivity contribution in [3.05, 3.63) is 72.4 Å². The van der Waals surface area contributed by atoms with Crippen LogP contribution in [0, 0.1) is 0 Å². The lowest BCUT2D eigenvalue weighted by atomic mass is 10.1. The molecule has 0 aliphatic heterocycles. The largest absolute Gasteiger partial charge is 0.382 e. The highest BCUT2D eigenvalue weighted by Gasteiger charge is 2.20. The van der Waals surface area contributed by atoms with E-state index in [0.29, 0.717) is 47.5 Å². The van der Waals surface area contributed by atoms with Gasteiger partial charge in [-0.25, -0.2) is 15.0 Å². The zero-order chi connectivity index (χ0) is 25.8. The number of anilines is 2. The summed E-state index contributed by atoms with van der Waals surface area (Å²) in [5, 5.41) is 2.74. The van der Waals surface area contributed by atoms with E-state index in [4.69, 9.17) is 11.5 Å². The Labute approximate surface area is 205 Å². The zero-order valence-corrected chi connectivity index (χ0v) is 20.7. The van der Waals surface area contributed by atoms with Crippen molar-refractivity contribution in [2.45, 2.75) is 40.5 Å². The first-order chi connectivity index (χ1) is 17.1. The summed E-state index contributed by atoms with van der Waals surface area (Å²) in [4.78, 5) is 37.9. The van der Waals surface area contributed by atoms with Gasteiger partial charge in [0.1, 0.15) is 22.8 Å². The Balaban J connectivity index is 0.00000103. The first-order valence-electron chi connectivity index (χ1n) is 11.8. The van der Waals surface area contributed by atoms with Crippen molar-refractivity contribution in [2.75, 3.05) is 17.6 Å². The number of carbonyl (C=O) groups is 2. The normalized spacial score (nSPS) is 9.97. The van der Waals surface area contributed by atoms with Crippen LogP contribution < -0.4 is 16.8 Å². The highest BCUT2D eigenvalue weighted by Crippen LogP contribution is 2.29. The maximum absolute atomic E-state index is 12.6. The topological polar surface area (TPSA) is 141 Å². The van der Waals surface area contributed by atoms with Gasteiger partial charge in [0.2, 0.25) is 0 Å². The Morgan fingerprint density at radius 1 is 0.971 bits per heavy atom. The number of imidazole rings is 1. The molecule has 184 valence electrons. The average molecular weight is 476 g/mol. The van der Waals surface area contributed by atoms with Gasteiger partial charge in [0.15, 0.2) is 11.6 Å². The average Bonchev–Trinajstić information content (AvgIpc) is 3.31. The van der Waals surface area contributed by atoms with E-state index in [1.54, 1.807) is 59.3 Å². The SMILES string of the molecule is CC.CC.NCCCC(=O)c1nc(-c2ccc(C(=O)Nc3ccccn3)cc2)c2c(N)nccn12. The van der Waals surface area contributed by atoms with Gasteiger partial charge < -0.3 is 16.8 Å². The fourth-order valence-corrected chi connectivity index (χ4v) is 3.24. The van der Waals surface area contributed by atoms with Crippen LogP contribution in [0.25, 0.3) is 16.8 Å². The molecule has 0 spiro atoms. The van der Waals surface area contributed by atoms with Crippen molar-refractivity contribution in [1.29, 1.82) is 0 Å². The molecular weight excluding hydrogens is 442 g/mol. The lowest BCUT2D eigenvalue weighted by Crippen LogP contribution is -2.12. The number of hydrogen-bond acceptors (Lipinski definition) is 7. The molecule has 9 nitrogen and oxygen atoms in total. The second-order valence-corrected chi connectivity index (χ2v) is 6.88. The van der Waals surface area contributed by atoms with Crippen molar-refractivity contribution in [3.63, 3.8) is 0 Å². The van der Waals surface area contributed by atoms with Crippen LogP contribution >= 0.6 is 0 Å². The van der Waals surface area contributed by atoms with Crippen molar-refractivity contribution >= 4 is 28.8 Å². The molecule has 3 aromatic heterocycles. The van der Waals surface area contributed by atoms with Gasteiger partial charge in [-0.15, -0.1) is 0 Å². The standard InChI is InChI=1S/C22H21N7O2.2C2H6/c23-10-3-4-16(30)21-28-18(19-20(24)26-12-13-29(19)21)14-6-8-15(9-7-14)22(31)27-17-5-1-2-11-25-17;2*1-2/h1-2,5-9,11-13H,3-4,10,23H2,(H2,24,26)(H,25,27,31);2*1-2H3. The van der Waals surface area contributed by atoms with Gasteiger partial charge in [-0.1, -0.05) is 45.9 Å². The molecule has 0 radical (unpaired) electrons. The number of nitrogens with one attached hydrogen (secondary N) is 1. The van der Waals surface area contributed by atoms with Crippen LogP contribution in [0.2, 0.25) is 0 Å². The van der Waals surface area contributed by atoms with E-state index in [2.05, 4.69) is 20.3 Å². The molecule has 0 atom stereocenters. The molecule has 35 heavy (non-hydrogen) atoms. The van der Waals surface area contributed by atoms with Crippen molar-refractivity contribution in [1.82, 2.24) is 19.4 Å². The predicted molar refractivity (Wildman–Crippen MR) is 140 cm³/mol. The summed E-state index contributed by atoms with van der Waals surface area (Å²) in [6.07, 6.45) is 5.66. The third-order valence-electron chi connectivity index (χ3n) is 4.77. The molecule has 0 saturated carbocycles. The number of benzene rings is 1. The van der Waals surface area contributed by atoms with Gasteiger partial charge in [-0.2, -0.15) is 0 Å². The van der Waals surface area contributed by atoms with Gasteiger partial charge in [-0.05, 0) is 37.2 Å². The summed E-state index contributed by atoms with van der Waals surface area (Å²) >= 11 is 0. The molecule has 1 amide bonds.